The van der Waals surface area contributed by atoms with Crippen molar-refractivity contribution in [2.45, 2.75) is 13.2 Å². The Hall–Kier alpha value is -3.57. The van der Waals surface area contributed by atoms with E-state index in [0.29, 0.717) is 33.0 Å². The van der Waals surface area contributed by atoms with Gasteiger partial charge in [0.25, 0.3) is 5.91 Å². The summed E-state index contributed by atoms with van der Waals surface area (Å²) in [7, 11) is 0. The van der Waals surface area contributed by atoms with E-state index in [-0.39, 0.29) is 12.5 Å². The van der Waals surface area contributed by atoms with E-state index < -0.39 is 5.97 Å². The van der Waals surface area contributed by atoms with E-state index in [0.717, 1.165) is 15.9 Å². The normalized spacial score (nSPS) is 14.6. The zero-order chi connectivity index (χ0) is 21.8. The molecule has 1 fully saturated rings. The number of benzene rings is 2. The quantitative estimate of drug-likeness (QED) is 0.411. The Morgan fingerprint density at radius 1 is 1.26 bits per heavy atom. The number of carboxylic acids is 1. The maximum absolute atomic E-state index is 11.8. The van der Waals surface area contributed by atoms with Crippen LogP contribution in [0, 0.1) is 0 Å². The molecule has 0 unspecified atom stereocenters. The minimum absolute atomic E-state index is 0.202. The Bertz CT molecular complexity index is 1210. The average molecular weight is 454 g/mol. The average Bonchev–Trinajstić information content (AvgIpc) is 3.32. The predicted molar refractivity (Wildman–Crippen MR) is 118 cm³/mol. The van der Waals surface area contributed by atoms with Gasteiger partial charge in [0.1, 0.15) is 16.7 Å². The zero-order valence-corrected chi connectivity index (χ0v) is 17.5. The van der Waals surface area contributed by atoms with Crippen molar-refractivity contribution < 1.29 is 19.4 Å². The van der Waals surface area contributed by atoms with Gasteiger partial charge >= 0.3 is 5.97 Å². The molecule has 1 amide bonds. The number of thiocarbonyl (C=S) groups is 1. The predicted octanol–water partition coefficient (Wildman–Crippen LogP) is 2.49. The highest BCUT2D eigenvalue weighted by atomic mass is 32.2. The smallest absolute Gasteiger partial charge is 0.327 e. The Morgan fingerprint density at radius 2 is 2.10 bits per heavy atom. The summed E-state index contributed by atoms with van der Waals surface area (Å²) in [6, 6.07) is 14.8. The highest BCUT2D eigenvalue weighted by Gasteiger charge is 2.21. The SMILES string of the molecule is O=C(O)Cn1nnc(-c2cccc(COc3cccc(C=C4SC(=S)NC4=O)c3)c2)n1. The Labute approximate surface area is 186 Å². The molecular weight excluding hydrogens is 438 g/mol. The van der Waals surface area contributed by atoms with Crippen molar-refractivity contribution in [1.82, 2.24) is 25.5 Å². The molecule has 1 aliphatic heterocycles. The molecule has 0 bridgehead atoms. The molecular formula is C20H15N5O4S2. The van der Waals surface area contributed by atoms with Gasteiger partial charge in [0.05, 0.1) is 4.91 Å². The molecule has 0 saturated carbocycles. The topological polar surface area (TPSA) is 119 Å². The fraction of sp³-hybridized carbons (Fsp3) is 0.100. The number of carboxylic acid groups (broad SMARTS) is 1. The first-order valence-electron chi connectivity index (χ1n) is 9.03. The summed E-state index contributed by atoms with van der Waals surface area (Å²) in [4.78, 5) is 24.2. The van der Waals surface area contributed by atoms with Crippen LogP contribution in [-0.4, -0.2) is 41.5 Å². The molecule has 31 heavy (non-hydrogen) atoms. The van der Waals surface area contributed by atoms with Crippen LogP contribution in [-0.2, 0) is 22.7 Å². The van der Waals surface area contributed by atoms with Crippen molar-refractivity contribution in [2.24, 2.45) is 0 Å². The van der Waals surface area contributed by atoms with E-state index in [9.17, 15) is 9.59 Å². The van der Waals surface area contributed by atoms with E-state index in [2.05, 4.69) is 20.7 Å². The molecule has 0 aliphatic carbocycles. The maximum atomic E-state index is 11.8. The van der Waals surface area contributed by atoms with Gasteiger partial charge in [-0.25, -0.2) is 0 Å². The molecule has 0 atom stereocenters. The molecule has 2 aromatic carbocycles. The van der Waals surface area contributed by atoms with Gasteiger partial charge in [-0.3, -0.25) is 9.59 Å². The number of rotatable bonds is 7. The van der Waals surface area contributed by atoms with E-state index in [4.69, 9.17) is 22.1 Å². The number of nitrogens with one attached hydrogen (secondary N) is 1. The minimum Gasteiger partial charge on any atom is -0.489 e. The monoisotopic (exact) mass is 453 g/mol. The summed E-state index contributed by atoms with van der Waals surface area (Å²) in [6.45, 7) is -0.0509. The molecule has 9 nitrogen and oxygen atoms in total. The van der Waals surface area contributed by atoms with Crippen LogP contribution in [0.25, 0.3) is 17.5 Å². The Morgan fingerprint density at radius 3 is 2.87 bits per heavy atom. The van der Waals surface area contributed by atoms with Gasteiger partial charge in [0.2, 0.25) is 5.82 Å². The van der Waals surface area contributed by atoms with Gasteiger partial charge < -0.3 is 15.2 Å². The highest BCUT2D eigenvalue weighted by Crippen LogP contribution is 2.27. The van der Waals surface area contributed by atoms with Crippen molar-refractivity contribution in [2.75, 3.05) is 0 Å². The van der Waals surface area contributed by atoms with E-state index in [1.807, 2.05) is 48.5 Å². The summed E-state index contributed by atoms with van der Waals surface area (Å²) in [6.07, 6.45) is 1.76. The van der Waals surface area contributed by atoms with Crippen LogP contribution in [0.15, 0.2) is 53.4 Å². The van der Waals surface area contributed by atoms with Crippen LogP contribution in [0.2, 0.25) is 0 Å². The molecule has 0 spiro atoms. The van der Waals surface area contributed by atoms with E-state index in [1.54, 1.807) is 6.08 Å². The number of carbonyl (C=O) groups excluding carboxylic acids is 1. The first kappa shape index (κ1) is 20.7. The second-order valence-electron chi connectivity index (χ2n) is 6.45. The maximum Gasteiger partial charge on any atom is 0.327 e. The standard InChI is InChI=1S/C20H15N5O4S2/c26-17(27)10-25-23-18(22-24-25)14-5-1-4-13(7-14)11-29-15-6-2-3-12(8-15)9-16-19(28)21-20(30)31-16/h1-9H,10-11H2,(H,26,27)(H,21,28,30). The van der Waals surface area contributed by atoms with Gasteiger partial charge in [0, 0.05) is 5.56 Å². The second-order valence-corrected chi connectivity index (χ2v) is 8.17. The summed E-state index contributed by atoms with van der Waals surface area (Å²) in [5, 5.41) is 23.1. The number of hydrogen-bond acceptors (Lipinski definition) is 8. The number of ether oxygens (including phenoxy) is 1. The van der Waals surface area contributed by atoms with Crippen LogP contribution < -0.4 is 10.1 Å². The molecule has 3 aromatic rings. The van der Waals surface area contributed by atoms with Crippen molar-refractivity contribution in [1.29, 1.82) is 0 Å². The lowest BCUT2D eigenvalue weighted by Crippen LogP contribution is -2.17. The number of aromatic nitrogens is 4. The first-order chi connectivity index (χ1) is 15.0. The molecule has 1 aromatic heterocycles. The van der Waals surface area contributed by atoms with Gasteiger partial charge in [-0.15, -0.1) is 10.2 Å². The third-order valence-corrected chi connectivity index (χ3v) is 5.28. The van der Waals surface area contributed by atoms with Gasteiger partial charge in [-0.2, -0.15) is 4.80 Å². The first-order valence-corrected chi connectivity index (χ1v) is 10.3. The second kappa shape index (κ2) is 9.06. The van der Waals surface area contributed by atoms with Crippen LogP contribution in [0.3, 0.4) is 0 Å². The molecule has 1 aliphatic rings. The van der Waals surface area contributed by atoms with Gasteiger partial charge in [-0.05, 0) is 40.6 Å². The summed E-state index contributed by atoms with van der Waals surface area (Å²) < 4.78 is 6.34. The lowest BCUT2D eigenvalue weighted by atomic mass is 10.1. The molecule has 2 heterocycles. The lowest BCUT2D eigenvalue weighted by Gasteiger charge is -2.08. The largest absolute Gasteiger partial charge is 0.489 e. The summed E-state index contributed by atoms with van der Waals surface area (Å²) in [5.74, 6) is -0.260. The molecule has 156 valence electrons. The molecule has 1 saturated heterocycles. The van der Waals surface area contributed by atoms with Crippen molar-refractivity contribution in [3.8, 4) is 17.1 Å². The van der Waals surface area contributed by atoms with Gasteiger partial charge in [0.15, 0.2) is 6.54 Å². The Balaban J connectivity index is 1.44. The highest BCUT2D eigenvalue weighted by molar-refractivity contribution is 8.26. The van der Waals surface area contributed by atoms with Gasteiger partial charge in [-0.1, -0.05) is 54.3 Å². The third kappa shape index (κ3) is 5.32. The van der Waals surface area contributed by atoms with Crippen LogP contribution >= 0.6 is 24.0 Å². The zero-order valence-electron chi connectivity index (χ0n) is 15.9. The van der Waals surface area contributed by atoms with Crippen LogP contribution in [0.4, 0.5) is 0 Å². The van der Waals surface area contributed by atoms with Crippen molar-refractivity contribution >= 4 is 46.3 Å². The summed E-state index contributed by atoms with van der Waals surface area (Å²) >= 11 is 6.23. The van der Waals surface area contributed by atoms with Crippen molar-refractivity contribution in [3.05, 3.63) is 64.6 Å². The number of aliphatic carboxylic acids is 1. The number of tetrazole rings is 1. The fourth-order valence-corrected chi connectivity index (χ4v) is 3.82. The summed E-state index contributed by atoms with van der Waals surface area (Å²) in [5.41, 5.74) is 2.41. The Kier molecular flexibility index (Phi) is 6.05. The number of carbonyl (C=O) groups is 2. The third-order valence-electron chi connectivity index (χ3n) is 4.12. The number of hydrogen-bond donors (Lipinski definition) is 2. The molecule has 4 rings (SSSR count). The fourth-order valence-electron chi connectivity index (χ4n) is 2.78. The molecule has 0 radical (unpaired) electrons. The van der Waals surface area contributed by atoms with Crippen molar-refractivity contribution in [3.63, 3.8) is 0 Å². The number of thioether (sulfide) groups is 1. The molecule has 2 N–H and O–H groups in total. The minimum atomic E-state index is -1.04. The van der Waals surface area contributed by atoms with E-state index >= 15 is 0 Å². The lowest BCUT2D eigenvalue weighted by molar-refractivity contribution is -0.138. The van der Waals surface area contributed by atoms with Crippen LogP contribution in [0.5, 0.6) is 5.75 Å². The van der Waals surface area contributed by atoms with Crippen LogP contribution in [0.1, 0.15) is 11.1 Å². The molecule has 11 heteroatoms. The number of nitrogens with zero attached hydrogens (tertiary/aromatic N) is 4. The number of amides is 1. The van der Waals surface area contributed by atoms with E-state index in [1.165, 1.54) is 11.8 Å².